The van der Waals surface area contributed by atoms with Gasteiger partial charge in [-0.25, -0.2) is 0 Å². The lowest BCUT2D eigenvalue weighted by Gasteiger charge is -2.70. The second kappa shape index (κ2) is 4.57. The van der Waals surface area contributed by atoms with Gasteiger partial charge in [0.25, 0.3) is 0 Å². The van der Waals surface area contributed by atoms with Gasteiger partial charge in [-0.05, 0) is 131 Å². The maximum absolute atomic E-state index is 2.98. The SMILES string of the molecule is CN(C)C1C2CC3[CH]C1(C1C4CC5CC(C4)CC1C5)CC(C3)C2. The predicted octanol–water partition coefficient (Wildman–Crippen LogP) is 4.63. The van der Waals surface area contributed by atoms with E-state index in [4.69, 9.17) is 0 Å². The molecule has 0 saturated heterocycles. The molecule has 0 N–H and O–H groups in total. The molecule has 8 aliphatic rings. The van der Waals surface area contributed by atoms with Crippen LogP contribution in [0.15, 0.2) is 0 Å². The third-order valence-corrected chi connectivity index (χ3v) is 9.47. The Balaban J connectivity index is 1.43. The molecule has 0 aromatic rings. The van der Waals surface area contributed by atoms with Crippen LogP contribution in [0, 0.1) is 59.2 Å². The molecular formula is C22H34N. The van der Waals surface area contributed by atoms with Crippen molar-refractivity contribution in [2.75, 3.05) is 14.1 Å². The van der Waals surface area contributed by atoms with Crippen molar-refractivity contribution in [1.29, 1.82) is 0 Å². The van der Waals surface area contributed by atoms with E-state index in [1.807, 2.05) is 0 Å². The number of nitrogens with zero attached hydrogens (tertiary/aromatic N) is 1. The van der Waals surface area contributed by atoms with Gasteiger partial charge in [0, 0.05) is 6.04 Å². The van der Waals surface area contributed by atoms with E-state index in [0.29, 0.717) is 5.41 Å². The van der Waals surface area contributed by atoms with Crippen molar-refractivity contribution in [2.45, 2.75) is 63.8 Å². The van der Waals surface area contributed by atoms with Gasteiger partial charge in [0.1, 0.15) is 0 Å². The molecule has 1 nitrogen and oxygen atoms in total. The Morgan fingerprint density at radius 3 is 2.00 bits per heavy atom. The first-order valence-corrected chi connectivity index (χ1v) is 10.6. The van der Waals surface area contributed by atoms with Crippen molar-refractivity contribution in [1.82, 2.24) is 4.90 Å². The minimum Gasteiger partial charge on any atom is -0.306 e. The highest BCUT2D eigenvalue weighted by Gasteiger charge is 2.65. The Hall–Kier alpha value is -0.0400. The molecule has 0 aliphatic heterocycles. The van der Waals surface area contributed by atoms with Crippen LogP contribution in [0.25, 0.3) is 0 Å². The summed E-state index contributed by atoms with van der Waals surface area (Å²) >= 11 is 0. The maximum Gasteiger partial charge on any atom is 0.0180 e. The van der Waals surface area contributed by atoms with Crippen molar-refractivity contribution < 1.29 is 0 Å². The zero-order valence-corrected chi connectivity index (χ0v) is 15.1. The number of hydrogen-bond donors (Lipinski definition) is 0. The first kappa shape index (κ1) is 14.2. The van der Waals surface area contributed by atoms with Gasteiger partial charge in [-0.15, -0.1) is 0 Å². The first-order chi connectivity index (χ1) is 11.1. The summed E-state index contributed by atoms with van der Waals surface area (Å²) in [6.07, 6.45) is 17.2. The van der Waals surface area contributed by atoms with Gasteiger partial charge in [-0.1, -0.05) is 0 Å². The largest absolute Gasteiger partial charge is 0.306 e. The quantitative estimate of drug-likeness (QED) is 0.718. The lowest BCUT2D eigenvalue weighted by Crippen LogP contribution is -2.67. The minimum atomic E-state index is 0.612. The third kappa shape index (κ3) is 1.79. The molecule has 0 amide bonds. The van der Waals surface area contributed by atoms with E-state index in [2.05, 4.69) is 25.4 Å². The Labute approximate surface area is 142 Å². The van der Waals surface area contributed by atoms with Crippen LogP contribution in [-0.4, -0.2) is 25.0 Å². The summed E-state index contributed by atoms with van der Waals surface area (Å²) in [6.45, 7) is 0. The van der Waals surface area contributed by atoms with Crippen LogP contribution < -0.4 is 0 Å². The van der Waals surface area contributed by atoms with Gasteiger partial charge >= 0.3 is 0 Å². The summed E-state index contributed by atoms with van der Waals surface area (Å²) < 4.78 is 0. The molecular weight excluding hydrogens is 278 g/mol. The zero-order valence-electron chi connectivity index (χ0n) is 15.1. The molecule has 0 aromatic heterocycles. The van der Waals surface area contributed by atoms with Gasteiger partial charge in [-0.3, -0.25) is 0 Å². The van der Waals surface area contributed by atoms with Gasteiger partial charge in [-0.2, -0.15) is 0 Å². The van der Waals surface area contributed by atoms with Crippen molar-refractivity contribution in [3.8, 4) is 0 Å². The summed E-state index contributed by atoms with van der Waals surface area (Å²) in [5, 5.41) is 0. The van der Waals surface area contributed by atoms with Gasteiger partial charge in [0.15, 0.2) is 0 Å². The van der Waals surface area contributed by atoms with E-state index in [1.54, 1.807) is 51.4 Å². The second-order valence-corrected chi connectivity index (χ2v) is 10.9. The highest BCUT2D eigenvalue weighted by molar-refractivity contribution is 5.22. The topological polar surface area (TPSA) is 3.24 Å². The molecule has 1 radical (unpaired) electrons. The predicted molar refractivity (Wildman–Crippen MR) is 93.7 cm³/mol. The Bertz CT molecular complexity index is 466. The fraction of sp³-hybridized carbons (Fsp3) is 0.955. The zero-order chi connectivity index (χ0) is 15.3. The van der Waals surface area contributed by atoms with Crippen molar-refractivity contribution >= 4 is 0 Å². The molecule has 8 bridgehead atoms. The first-order valence-electron chi connectivity index (χ1n) is 10.6. The molecule has 5 atom stereocenters. The molecule has 8 rings (SSSR count). The maximum atomic E-state index is 2.98. The second-order valence-electron chi connectivity index (χ2n) is 10.9. The van der Waals surface area contributed by atoms with Crippen LogP contribution >= 0.6 is 0 Å². The van der Waals surface area contributed by atoms with Crippen LogP contribution in [0.1, 0.15) is 57.8 Å². The summed E-state index contributed by atoms with van der Waals surface area (Å²) in [5.74, 6) is 8.60. The molecule has 5 unspecified atom stereocenters. The molecule has 8 aliphatic carbocycles. The Morgan fingerprint density at radius 2 is 1.39 bits per heavy atom. The lowest BCUT2D eigenvalue weighted by atomic mass is 9.37. The molecule has 23 heavy (non-hydrogen) atoms. The average Bonchev–Trinajstić information content (AvgIpc) is 2.43. The van der Waals surface area contributed by atoms with Crippen LogP contribution in [0.2, 0.25) is 0 Å². The smallest absolute Gasteiger partial charge is 0.0180 e. The summed E-state index contributed by atoms with van der Waals surface area (Å²) in [7, 11) is 4.80. The molecule has 1 heteroatoms. The standard InChI is InChI=1S/C22H34N/c1-23(2)21-19-9-15-4-16(10-19)12-22(21,11-15)20-17-5-13-3-14(7-17)8-18(20)6-13/h11,13-21H,3-10,12H2,1-2H3. The molecule has 0 aromatic carbocycles. The molecule has 8 saturated carbocycles. The van der Waals surface area contributed by atoms with Crippen molar-refractivity contribution in [2.24, 2.45) is 52.8 Å². The van der Waals surface area contributed by atoms with Crippen LogP contribution in [0.5, 0.6) is 0 Å². The molecule has 0 spiro atoms. The summed E-state index contributed by atoms with van der Waals surface area (Å²) in [4.78, 5) is 2.67. The van der Waals surface area contributed by atoms with E-state index < -0.39 is 0 Å². The summed E-state index contributed by atoms with van der Waals surface area (Å²) in [6, 6.07) is 0.873. The highest BCUT2D eigenvalue weighted by Crippen LogP contribution is 2.70. The van der Waals surface area contributed by atoms with E-state index in [0.717, 1.165) is 53.4 Å². The van der Waals surface area contributed by atoms with Gasteiger partial charge in [0.2, 0.25) is 0 Å². The van der Waals surface area contributed by atoms with E-state index in [1.165, 1.54) is 6.42 Å². The lowest BCUT2D eigenvalue weighted by molar-refractivity contribution is -0.173. The molecule has 127 valence electrons. The summed E-state index contributed by atoms with van der Waals surface area (Å²) in [5.41, 5.74) is 0.612. The van der Waals surface area contributed by atoms with Crippen LogP contribution in [0.4, 0.5) is 0 Å². The third-order valence-electron chi connectivity index (χ3n) is 9.47. The molecule has 0 heterocycles. The van der Waals surface area contributed by atoms with Crippen molar-refractivity contribution in [3.05, 3.63) is 6.42 Å². The van der Waals surface area contributed by atoms with Gasteiger partial charge < -0.3 is 4.90 Å². The van der Waals surface area contributed by atoms with E-state index in [-0.39, 0.29) is 0 Å². The Morgan fingerprint density at radius 1 is 0.739 bits per heavy atom. The minimum absolute atomic E-state index is 0.612. The number of rotatable bonds is 2. The molecule has 8 fully saturated rings. The Kier molecular flexibility index (Phi) is 2.81. The fourth-order valence-corrected chi connectivity index (χ4v) is 9.91. The van der Waals surface area contributed by atoms with Crippen LogP contribution in [0.3, 0.4) is 0 Å². The van der Waals surface area contributed by atoms with E-state index in [9.17, 15) is 0 Å². The average molecular weight is 313 g/mol. The van der Waals surface area contributed by atoms with Crippen LogP contribution in [-0.2, 0) is 0 Å². The normalized spacial score (nSPS) is 62.5. The number of hydrogen-bond acceptors (Lipinski definition) is 1. The fourth-order valence-electron chi connectivity index (χ4n) is 9.91. The van der Waals surface area contributed by atoms with Crippen molar-refractivity contribution in [3.63, 3.8) is 0 Å². The van der Waals surface area contributed by atoms with E-state index >= 15 is 0 Å². The van der Waals surface area contributed by atoms with Gasteiger partial charge in [0.05, 0.1) is 0 Å². The highest BCUT2D eigenvalue weighted by atomic mass is 15.1. The monoisotopic (exact) mass is 312 g/mol.